The molecule has 0 aromatic heterocycles. The first-order valence-electron chi connectivity index (χ1n) is 5.81. The summed E-state index contributed by atoms with van der Waals surface area (Å²) in [6.45, 7) is 2.07. The Hall–Kier alpha value is -1.26. The summed E-state index contributed by atoms with van der Waals surface area (Å²) in [7, 11) is 0. The maximum atomic E-state index is 11.7. The van der Waals surface area contributed by atoms with E-state index in [0.717, 1.165) is 0 Å². The molecule has 0 aliphatic carbocycles. The number of halogens is 2. The van der Waals surface area contributed by atoms with Crippen LogP contribution in [0.2, 0.25) is 10.0 Å². The molecule has 1 atom stereocenters. The Morgan fingerprint density at radius 3 is 2.42 bits per heavy atom. The second-order valence-corrected chi connectivity index (χ2v) is 5.20. The summed E-state index contributed by atoms with van der Waals surface area (Å²) < 4.78 is 0. The number of carboxylic acids is 1. The third kappa shape index (κ3) is 5.49. The van der Waals surface area contributed by atoms with Crippen molar-refractivity contribution in [1.29, 1.82) is 0 Å². The molecule has 4 nitrogen and oxygen atoms in total. The van der Waals surface area contributed by atoms with Gasteiger partial charge in [-0.25, -0.2) is 0 Å². The van der Waals surface area contributed by atoms with Gasteiger partial charge in [-0.1, -0.05) is 36.2 Å². The van der Waals surface area contributed by atoms with Crippen LogP contribution in [0.25, 0.3) is 0 Å². The summed E-state index contributed by atoms with van der Waals surface area (Å²) in [5.74, 6) is -1.23. The average Bonchev–Trinajstić information content (AvgIpc) is 2.30. The lowest BCUT2D eigenvalue weighted by Crippen LogP contribution is -2.30. The van der Waals surface area contributed by atoms with Gasteiger partial charge in [0.05, 0.1) is 6.42 Å². The van der Waals surface area contributed by atoms with Gasteiger partial charge in [0.15, 0.2) is 0 Å². The molecule has 0 heterocycles. The normalized spacial score (nSPS) is 11.9. The molecule has 104 valence electrons. The number of rotatable bonds is 6. The molecule has 1 aromatic rings. The topological polar surface area (TPSA) is 66.4 Å². The van der Waals surface area contributed by atoms with Crippen molar-refractivity contribution in [2.75, 3.05) is 6.54 Å². The zero-order valence-electron chi connectivity index (χ0n) is 10.5. The van der Waals surface area contributed by atoms with Gasteiger partial charge >= 0.3 is 5.97 Å². The number of aliphatic carboxylic acids is 1. The van der Waals surface area contributed by atoms with Crippen LogP contribution >= 0.6 is 23.2 Å². The molecular formula is C13H15Cl2NO3. The van der Waals surface area contributed by atoms with Gasteiger partial charge in [0.25, 0.3) is 0 Å². The van der Waals surface area contributed by atoms with Crippen molar-refractivity contribution >= 4 is 35.1 Å². The summed E-state index contributed by atoms with van der Waals surface area (Å²) in [4.78, 5) is 22.2. The molecule has 0 spiro atoms. The van der Waals surface area contributed by atoms with E-state index in [1.165, 1.54) is 0 Å². The minimum atomic E-state index is -0.879. The third-order valence-corrected chi connectivity index (χ3v) is 3.28. The Morgan fingerprint density at radius 1 is 1.32 bits per heavy atom. The molecule has 0 aliphatic heterocycles. The van der Waals surface area contributed by atoms with Crippen molar-refractivity contribution in [3.63, 3.8) is 0 Å². The Labute approximate surface area is 121 Å². The molecule has 1 aromatic carbocycles. The smallest absolute Gasteiger partial charge is 0.303 e. The summed E-state index contributed by atoms with van der Waals surface area (Å²) >= 11 is 11.9. The lowest BCUT2D eigenvalue weighted by atomic mass is 10.1. The van der Waals surface area contributed by atoms with E-state index in [1.807, 2.05) is 0 Å². The Balaban J connectivity index is 2.50. The van der Waals surface area contributed by atoms with Gasteiger partial charge in [0.2, 0.25) is 5.91 Å². The fraction of sp³-hybridized carbons (Fsp3) is 0.385. The fourth-order valence-electron chi connectivity index (χ4n) is 1.58. The Kier molecular flexibility index (Phi) is 6.12. The number of hydrogen-bond acceptors (Lipinski definition) is 2. The van der Waals surface area contributed by atoms with Crippen LogP contribution in [-0.4, -0.2) is 23.5 Å². The first-order chi connectivity index (χ1) is 8.90. The monoisotopic (exact) mass is 303 g/mol. The van der Waals surface area contributed by atoms with Gasteiger partial charge < -0.3 is 10.4 Å². The second kappa shape index (κ2) is 7.36. The van der Waals surface area contributed by atoms with Crippen LogP contribution in [0, 0.1) is 5.92 Å². The summed E-state index contributed by atoms with van der Waals surface area (Å²) in [6.07, 6.45) is 0.103. The quantitative estimate of drug-likeness (QED) is 0.849. The predicted octanol–water partition coefficient (Wildman–Crippen LogP) is 2.76. The zero-order chi connectivity index (χ0) is 14.4. The molecule has 2 N–H and O–H groups in total. The highest BCUT2D eigenvalue weighted by atomic mass is 35.5. The minimum Gasteiger partial charge on any atom is -0.481 e. The van der Waals surface area contributed by atoms with Crippen LogP contribution in [-0.2, 0) is 16.0 Å². The SMILES string of the molecule is CC(CNC(=O)Cc1c(Cl)cccc1Cl)CC(=O)O. The molecule has 0 fully saturated rings. The minimum absolute atomic E-state index is 0.0210. The molecule has 1 rings (SSSR count). The van der Waals surface area contributed by atoms with E-state index in [4.69, 9.17) is 28.3 Å². The maximum Gasteiger partial charge on any atom is 0.303 e. The van der Waals surface area contributed by atoms with Crippen LogP contribution in [0.4, 0.5) is 0 Å². The van der Waals surface area contributed by atoms with Crippen molar-refractivity contribution in [1.82, 2.24) is 5.32 Å². The van der Waals surface area contributed by atoms with Gasteiger partial charge in [-0.05, 0) is 23.6 Å². The number of carbonyl (C=O) groups is 2. The lowest BCUT2D eigenvalue weighted by molar-refractivity contribution is -0.138. The van der Waals surface area contributed by atoms with Crippen molar-refractivity contribution in [3.8, 4) is 0 Å². The molecule has 0 aliphatic rings. The predicted molar refractivity (Wildman–Crippen MR) is 74.6 cm³/mol. The number of nitrogens with one attached hydrogen (secondary N) is 1. The van der Waals surface area contributed by atoms with E-state index in [-0.39, 0.29) is 24.7 Å². The molecule has 0 saturated heterocycles. The molecule has 19 heavy (non-hydrogen) atoms. The van der Waals surface area contributed by atoms with Crippen molar-refractivity contribution in [2.24, 2.45) is 5.92 Å². The lowest BCUT2D eigenvalue weighted by Gasteiger charge is -2.11. The van der Waals surface area contributed by atoms with Gasteiger partial charge in [-0.15, -0.1) is 0 Å². The zero-order valence-corrected chi connectivity index (χ0v) is 12.0. The maximum absolute atomic E-state index is 11.7. The molecule has 6 heteroatoms. The van der Waals surface area contributed by atoms with Crippen LogP contribution < -0.4 is 5.32 Å². The van der Waals surface area contributed by atoms with E-state index in [2.05, 4.69) is 5.32 Å². The van der Waals surface area contributed by atoms with E-state index in [1.54, 1.807) is 25.1 Å². The highest BCUT2D eigenvalue weighted by Crippen LogP contribution is 2.24. The molecular weight excluding hydrogens is 289 g/mol. The number of carbonyl (C=O) groups excluding carboxylic acids is 1. The number of benzene rings is 1. The van der Waals surface area contributed by atoms with E-state index in [9.17, 15) is 9.59 Å². The highest BCUT2D eigenvalue weighted by molar-refractivity contribution is 6.36. The molecule has 1 unspecified atom stereocenters. The number of hydrogen-bond donors (Lipinski definition) is 2. The summed E-state index contributed by atoms with van der Waals surface area (Å²) in [5.41, 5.74) is 0.578. The fourth-order valence-corrected chi connectivity index (χ4v) is 2.11. The summed E-state index contributed by atoms with van der Waals surface area (Å²) in [5, 5.41) is 12.2. The van der Waals surface area contributed by atoms with Gasteiger partial charge in [-0.3, -0.25) is 9.59 Å². The van der Waals surface area contributed by atoms with Crippen molar-refractivity contribution in [2.45, 2.75) is 19.8 Å². The molecule has 1 amide bonds. The number of amides is 1. The van der Waals surface area contributed by atoms with Crippen LogP contribution in [0.3, 0.4) is 0 Å². The van der Waals surface area contributed by atoms with Crippen LogP contribution in [0.15, 0.2) is 18.2 Å². The Morgan fingerprint density at radius 2 is 1.89 bits per heavy atom. The van der Waals surface area contributed by atoms with Gasteiger partial charge in [-0.2, -0.15) is 0 Å². The first kappa shape index (κ1) is 15.8. The van der Waals surface area contributed by atoms with E-state index in [0.29, 0.717) is 22.2 Å². The molecule has 0 radical (unpaired) electrons. The summed E-state index contributed by atoms with van der Waals surface area (Å²) in [6, 6.07) is 5.05. The van der Waals surface area contributed by atoms with Gasteiger partial charge in [0.1, 0.15) is 0 Å². The second-order valence-electron chi connectivity index (χ2n) is 4.38. The van der Waals surface area contributed by atoms with Crippen LogP contribution in [0.5, 0.6) is 0 Å². The van der Waals surface area contributed by atoms with E-state index < -0.39 is 5.97 Å². The third-order valence-electron chi connectivity index (χ3n) is 2.57. The standard InChI is InChI=1S/C13H15Cl2NO3/c1-8(5-13(18)19)7-16-12(17)6-9-10(14)3-2-4-11(9)15/h2-4,8H,5-7H2,1H3,(H,16,17)(H,18,19). The van der Waals surface area contributed by atoms with Crippen molar-refractivity contribution < 1.29 is 14.7 Å². The highest BCUT2D eigenvalue weighted by Gasteiger charge is 2.12. The average molecular weight is 304 g/mol. The molecule has 0 bridgehead atoms. The number of carboxylic acid groups (broad SMARTS) is 1. The van der Waals surface area contributed by atoms with E-state index >= 15 is 0 Å². The molecule has 0 saturated carbocycles. The largest absolute Gasteiger partial charge is 0.481 e. The van der Waals surface area contributed by atoms with Crippen molar-refractivity contribution in [3.05, 3.63) is 33.8 Å². The van der Waals surface area contributed by atoms with Crippen LogP contribution in [0.1, 0.15) is 18.9 Å². The van der Waals surface area contributed by atoms with Gasteiger partial charge in [0, 0.05) is 23.0 Å². The first-order valence-corrected chi connectivity index (χ1v) is 6.57. The Bertz CT molecular complexity index is 457.